The third-order valence-electron chi connectivity index (χ3n) is 4.22. The highest BCUT2D eigenvalue weighted by atomic mass is 19.4. The smallest absolute Gasteiger partial charge is 0.381 e. The Morgan fingerprint density at radius 1 is 1.21 bits per heavy atom. The molecule has 4 nitrogen and oxygen atoms in total. The van der Waals surface area contributed by atoms with Gasteiger partial charge in [0, 0.05) is 31.2 Å². The summed E-state index contributed by atoms with van der Waals surface area (Å²) in [5.74, 6) is 0. The summed E-state index contributed by atoms with van der Waals surface area (Å²) in [7, 11) is 0. The molecule has 1 aromatic rings. The summed E-state index contributed by atoms with van der Waals surface area (Å²) in [6.07, 6.45) is -2.84. The Labute approximate surface area is 139 Å². The van der Waals surface area contributed by atoms with Crippen LogP contribution in [0.2, 0.25) is 0 Å². The lowest BCUT2D eigenvalue weighted by Crippen LogP contribution is -2.47. The number of carbonyl (C=O) groups excluding carboxylic acids is 1. The molecule has 0 bridgehead atoms. The Bertz CT molecular complexity index is 567. The normalized spacial score (nSPS) is 16.7. The molecule has 7 heteroatoms. The van der Waals surface area contributed by atoms with Gasteiger partial charge in [0.05, 0.1) is 5.56 Å². The van der Waals surface area contributed by atoms with E-state index in [-0.39, 0.29) is 18.6 Å². The van der Waals surface area contributed by atoms with Gasteiger partial charge in [0.2, 0.25) is 0 Å². The minimum absolute atomic E-state index is 0.0791. The van der Waals surface area contributed by atoms with E-state index in [1.165, 1.54) is 6.07 Å². The number of hydrogen-bond donors (Lipinski definition) is 2. The molecule has 1 saturated heterocycles. The van der Waals surface area contributed by atoms with Crippen LogP contribution in [0.5, 0.6) is 0 Å². The average Bonchev–Trinajstić information content (AvgIpc) is 2.53. The number of alkyl halides is 3. The topological polar surface area (TPSA) is 50.4 Å². The number of carbonyl (C=O) groups is 1. The average molecular weight is 344 g/mol. The van der Waals surface area contributed by atoms with E-state index in [0.29, 0.717) is 18.8 Å². The van der Waals surface area contributed by atoms with Crippen molar-refractivity contribution in [2.75, 3.05) is 19.8 Å². The first kappa shape index (κ1) is 18.6. The lowest BCUT2D eigenvalue weighted by atomic mass is 9.84. The van der Waals surface area contributed by atoms with Crippen molar-refractivity contribution in [1.82, 2.24) is 10.6 Å². The summed E-state index contributed by atoms with van der Waals surface area (Å²) in [5.41, 5.74) is -0.766. The van der Waals surface area contributed by atoms with Crippen LogP contribution in [0.15, 0.2) is 24.3 Å². The van der Waals surface area contributed by atoms with Crippen LogP contribution in [0, 0.1) is 0 Å². The molecule has 0 unspecified atom stereocenters. The van der Waals surface area contributed by atoms with E-state index in [1.807, 2.05) is 0 Å². The third kappa shape index (κ3) is 5.12. The highest BCUT2D eigenvalue weighted by Crippen LogP contribution is 2.32. The fraction of sp³-hybridized carbons (Fsp3) is 0.588. The molecule has 1 aliphatic rings. The van der Waals surface area contributed by atoms with Crippen LogP contribution in [0.3, 0.4) is 0 Å². The summed E-state index contributed by atoms with van der Waals surface area (Å²) in [6, 6.07) is 5.00. The van der Waals surface area contributed by atoms with E-state index in [0.717, 1.165) is 25.0 Å². The van der Waals surface area contributed by atoms with Gasteiger partial charge in [-0.3, -0.25) is 0 Å². The Balaban J connectivity index is 1.94. The molecule has 0 saturated carbocycles. The van der Waals surface area contributed by atoms with Crippen LogP contribution in [0.25, 0.3) is 0 Å². The molecule has 1 aliphatic heterocycles. The van der Waals surface area contributed by atoms with E-state index in [9.17, 15) is 18.0 Å². The maximum absolute atomic E-state index is 12.8. The Morgan fingerprint density at radius 3 is 2.46 bits per heavy atom. The van der Waals surface area contributed by atoms with Gasteiger partial charge in [0.15, 0.2) is 0 Å². The highest BCUT2D eigenvalue weighted by Gasteiger charge is 2.32. The van der Waals surface area contributed by atoms with E-state index >= 15 is 0 Å². The van der Waals surface area contributed by atoms with Gasteiger partial charge in [-0.2, -0.15) is 13.2 Å². The predicted octanol–water partition coefficient (Wildman–Crippen LogP) is 3.46. The van der Waals surface area contributed by atoms with E-state index < -0.39 is 17.2 Å². The van der Waals surface area contributed by atoms with Crippen molar-refractivity contribution in [3.8, 4) is 0 Å². The fourth-order valence-electron chi connectivity index (χ4n) is 2.60. The summed E-state index contributed by atoms with van der Waals surface area (Å²) in [5, 5.41) is 5.62. The molecule has 134 valence electrons. The summed E-state index contributed by atoms with van der Waals surface area (Å²) < 4.78 is 43.8. The van der Waals surface area contributed by atoms with Gasteiger partial charge in [-0.25, -0.2) is 4.79 Å². The van der Waals surface area contributed by atoms with Crippen LogP contribution in [-0.4, -0.2) is 31.8 Å². The van der Waals surface area contributed by atoms with Crippen LogP contribution in [0.4, 0.5) is 18.0 Å². The number of halogens is 3. The van der Waals surface area contributed by atoms with Crippen molar-refractivity contribution in [2.45, 2.75) is 44.3 Å². The molecule has 2 N–H and O–H groups in total. The number of rotatable bonds is 4. The van der Waals surface area contributed by atoms with Crippen molar-refractivity contribution in [3.05, 3.63) is 35.4 Å². The van der Waals surface area contributed by atoms with Gasteiger partial charge in [-0.15, -0.1) is 0 Å². The highest BCUT2D eigenvalue weighted by molar-refractivity contribution is 5.74. The van der Waals surface area contributed by atoms with Crippen LogP contribution < -0.4 is 10.6 Å². The van der Waals surface area contributed by atoms with Crippen molar-refractivity contribution in [3.63, 3.8) is 0 Å². The maximum atomic E-state index is 12.8. The second kappa shape index (κ2) is 7.42. The van der Waals surface area contributed by atoms with Gasteiger partial charge in [-0.1, -0.05) is 32.0 Å². The fourth-order valence-corrected chi connectivity index (χ4v) is 2.60. The zero-order valence-corrected chi connectivity index (χ0v) is 13.9. The third-order valence-corrected chi connectivity index (χ3v) is 4.22. The first-order valence-corrected chi connectivity index (χ1v) is 7.98. The summed E-state index contributed by atoms with van der Waals surface area (Å²) in [4.78, 5) is 12.0. The monoisotopic (exact) mass is 344 g/mol. The standard InChI is InChI=1S/C17H23F3N2O2/c1-16(2,12-4-3-5-13(10-12)17(18,19)20)11-21-15(23)22-14-6-8-24-9-7-14/h3-5,10,14H,6-9,11H2,1-2H3,(H2,21,22,23). The van der Waals surface area contributed by atoms with Gasteiger partial charge in [0.25, 0.3) is 0 Å². The van der Waals surface area contributed by atoms with E-state index in [2.05, 4.69) is 10.6 Å². The van der Waals surface area contributed by atoms with Crippen molar-refractivity contribution >= 4 is 6.03 Å². The second-order valence-corrected chi connectivity index (χ2v) is 6.68. The summed E-state index contributed by atoms with van der Waals surface area (Å²) >= 11 is 0. The van der Waals surface area contributed by atoms with Gasteiger partial charge < -0.3 is 15.4 Å². The quantitative estimate of drug-likeness (QED) is 0.879. The molecule has 0 spiro atoms. The maximum Gasteiger partial charge on any atom is 0.416 e. The molecule has 1 fully saturated rings. The molecule has 2 rings (SSSR count). The minimum Gasteiger partial charge on any atom is -0.381 e. The predicted molar refractivity (Wildman–Crippen MR) is 84.8 cm³/mol. The molecule has 0 aromatic heterocycles. The molecular formula is C17H23F3N2O2. The zero-order valence-electron chi connectivity index (χ0n) is 13.9. The number of nitrogens with one attached hydrogen (secondary N) is 2. The molecule has 2 amide bonds. The summed E-state index contributed by atoms with van der Waals surface area (Å²) in [6.45, 7) is 5.10. The minimum atomic E-state index is -4.38. The Hall–Kier alpha value is -1.76. The molecule has 1 aromatic carbocycles. The van der Waals surface area contributed by atoms with Crippen molar-refractivity contribution in [1.29, 1.82) is 0 Å². The van der Waals surface area contributed by atoms with Crippen molar-refractivity contribution < 1.29 is 22.7 Å². The lowest BCUT2D eigenvalue weighted by molar-refractivity contribution is -0.137. The van der Waals surface area contributed by atoms with Crippen LogP contribution in [-0.2, 0) is 16.3 Å². The lowest BCUT2D eigenvalue weighted by Gasteiger charge is -2.28. The van der Waals surface area contributed by atoms with Gasteiger partial charge in [-0.05, 0) is 24.5 Å². The zero-order chi connectivity index (χ0) is 17.8. The van der Waals surface area contributed by atoms with Crippen LogP contribution in [0.1, 0.15) is 37.8 Å². The van der Waals surface area contributed by atoms with Crippen molar-refractivity contribution in [2.24, 2.45) is 0 Å². The number of ether oxygens (including phenoxy) is 1. The molecule has 0 radical (unpaired) electrons. The van der Waals surface area contributed by atoms with Gasteiger partial charge >= 0.3 is 12.2 Å². The molecular weight excluding hydrogens is 321 g/mol. The first-order chi connectivity index (χ1) is 11.2. The Kier molecular flexibility index (Phi) is 5.74. The molecule has 0 atom stereocenters. The van der Waals surface area contributed by atoms with Crippen LogP contribution >= 0.6 is 0 Å². The number of benzene rings is 1. The SMILES string of the molecule is CC(C)(CNC(=O)NC1CCOCC1)c1cccc(C(F)(F)F)c1. The number of urea groups is 1. The molecule has 1 heterocycles. The molecule has 24 heavy (non-hydrogen) atoms. The number of hydrogen-bond acceptors (Lipinski definition) is 2. The molecule has 0 aliphatic carbocycles. The Morgan fingerprint density at radius 2 is 1.83 bits per heavy atom. The van der Waals surface area contributed by atoms with Gasteiger partial charge in [0.1, 0.15) is 0 Å². The van der Waals surface area contributed by atoms with E-state index in [1.54, 1.807) is 19.9 Å². The van der Waals surface area contributed by atoms with E-state index in [4.69, 9.17) is 4.74 Å². The second-order valence-electron chi connectivity index (χ2n) is 6.68. The first-order valence-electron chi connectivity index (χ1n) is 7.98. The largest absolute Gasteiger partial charge is 0.416 e. The number of amides is 2.